The molecule has 1 aromatic rings. The number of aliphatic hydroxyl groups is 1. The van der Waals surface area contributed by atoms with Crippen LogP contribution < -0.4 is 4.90 Å². The lowest BCUT2D eigenvalue weighted by Crippen LogP contribution is -2.75. The van der Waals surface area contributed by atoms with Gasteiger partial charge in [-0.05, 0) is 43.9 Å². The largest absolute Gasteiger partial charge is 0.392 e. The molecule has 5 aliphatic rings. The predicted octanol–water partition coefficient (Wildman–Crippen LogP) is 1.88. The van der Waals surface area contributed by atoms with Crippen molar-refractivity contribution in [2.24, 2.45) is 5.41 Å². The first kappa shape index (κ1) is 13.0. The van der Waals surface area contributed by atoms with Gasteiger partial charge in [-0.25, -0.2) is 0 Å². The number of nitrogens with zero attached hydrogens (tertiary/aromatic N) is 2. The van der Waals surface area contributed by atoms with Gasteiger partial charge in [0.25, 0.3) is 0 Å². The van der Waals surface area contributed by atoms with Crippen molar-refractivity contribution in [3.05, 3.63) is 29.8 Å². The summed E-state index contributed by atoms with van der Waals surface area (Å²) in [7, 11) is 0. The summed E-state index contributed by atoms with van der Waals surface area (Å²) in [5, 5.41) is 10.9. The van der Waals surface area contributed by atoms with Crippen LogP contribution in [-0.2, 0) is 4.79 Å². The lowest BCUT2D eigenvalue weighted by Gasteiger charge is -2.62. The Bertz CT molecular complexity index is 734. The number of benzene rings is 1. The van der Waals surface area contributed by atoms with Gasteiger partial charge in [0.15, 0.2) is 0 Å². The molecule has 4 nitrogen and oxygen atoms in total. The van der Waals surface area contributed by atoms with Gasteiger partial charge < -0.3 is 10.0 Å². The van der Waals surface area contributed by atoms with E-state index < -0.39 is 0 Å². The highest BCUT2D eigenvalue weighted by Gasteiger charge is 2.75. The lowest BCUT2D eigenvalue weighted by atomic mass is 9.60. The summed E-state index contributed by atoms with van der Waals surface area (Å²) >= 11 is 0. The molecule has 4 heterocycles. The van der Waals surface area contributed by atoms with Crippen molar-refractivity contribution in [2.45, 2.75) is 55.7 Å². The van der Waals surface area contributed by atoms with Crippen LogP contribution in [0.2, 0.25) is 0 Å². The van der Waals surface area contributed by atoms with Crippen LogP contribution >= 0.6 is 0 Å². The minimum absolute atomic E-state index is 0.0847. The third kappa shape index (κ3) is 1.19. The maximum Gasteiger partial charge on any atom is 0.228 e. The second-order valence-corrected chi connectivity index (χ2v) is 8.27. The second kappa shape index (κ2) is 3.81. The first-order valence-electron chi connectivity index (χ1n) is 9.03. The maximum atomic E-state index is 13.2. The van der Waals surface area contributed by atoms with Gasteiger partial charge in [-0.15, -0.1) is 0 Å². The standard InChI is InChI=1S/C19H22N2O2/c22-15-6-10-20-9-5-13-12-3-1-2-4-14(12)21-16(23)11-18(15)7-8-19(13,21)17(18)20/h1-4,13,15,17,22H,5-11H2/t13-,15+,17-,18-,19+/m1/s1. The minimum Gasteiger partial charge on any atom is -0.392 e. The van der Waals surface area contributed by atoms with Crippen LogP contribution in [0.15, 0.2) is 24.3 Å². The summed E-state index contributed by atoms with van der Waals surface area (Å²) in [5.74, 6) is 0.702. The van der Waals surface area contributed by atoms with E-state index in [-0.39, 0.29) is 23.0 Å². The van der Waals surface area contributed by atoms with Gasteiger partial charge in [0, 0.05) is 36.0 Å². The van der Waals surface area contributed by atoms with Crippen LogP contribution in [0.4, 0.5) is 5.69 Å². The van der Waals surface area contributed by atoms with E-state index in [2.05, 4.69) is 34.1 Å². The molecule has 6 rings (SSSR count). The van der Waals surface area contributed by atoms with Gasteiger partial charge in [0.1, 0.15) is 0 Å². The van der Waals surface area contributed by atoms with Gasteiger partial charge in [-0.1, -0.05) is 18.2 Å². The number of rotatable bonds is 0. The Morgan fingerprint density at radius 2 is 1.96 bits per heavy atom. The summed E-state index contributed by atoms with van der Waals surface area (Å²) in [6.45, 7) is 2.10. The quantitative estimate of drug-likeness (QED) is 0.796. The number of amides is 1. The molecular weight excluding hydrogens is 288 g/mol. The molecule has 1 saturated carbocycles. The Morgan fingerprint density at radius 1 is 1.13 bits per heavy atom. The van der Waals surface area contributed by atoms with Crippen LogP contribution in [0.3, 0.4) is 0 Å². The van der Waals surface area contributed by atoms with E-state index in [1.165, 1.54) is 5.56 Å². The highest BCUT2D eigenvalue weighted by molar-refractivity contribution is 6.00. The van der Waals surface area contributed by atoms with Crippen molar-refractivity contribution < 1.29 is 9.90 Å². The zero-order valence-electron chi connectivity index (χ0n) is 13.2. The smallest absolute Gasteiger partial charge is 0.228 e. The third-order valence-electron chi connectivity index (χ3n) is 7.74. The Morgan fingerprint density at radius 3 is 2.87 bits per heavy atom. The molecule has 1 N–H and O–H groups in total. The Labute approximate surface area is 136 Å². The molecule has 1 spiro atoms. The lowest BCUT2D eigenvalue weighted by molar-refractivity contribution is -0.148. The highest BCUT2D eigenvalue weighted by Crippen LogP contribution is 2.69. The fourth-order valence-corrected chi connectivity index (χ4v) is 7.14. The van der Waals surface area contributed by atoms with E-state index in [0.717, 1.165) is 44.5 Å². The summed E-state index contributed by atoms with van der Waals surface area (Å²) in [5.41, 5.74) is 2.25. The topological polar surface area (TPSA) is 43.8 Å². The van der Waals surface area contributed by atoms with Crippen LogP contribution in [-0.4, -0.2) is 46.7 Å². The van der Waals surface area contributed by atoms with E-state index in [0.29, 0.717) is 18.4 Å². The van der Waals surface area contributed by atoms with Crippen molar-refractivity contribution in [3.8, 4) is 0 Å². The molecule has 5 atom stereocenters. The first-order chi connectivity index (χ1) is 11.2. The van der Waals surface area contributed by atoms with Crippen molar-refractivity contribution in [1.29, 1.82) is 0 Å². The molecule has 0 aromatic heterocycles. The van der Waals surface area contributed by atoms with Crippen LogP contribution in [0.1, 0.15) is 43.6 Å². The van der Waals surface area contributed by atoms with Crippen LogP contribution in [0.5, 0.6) is 0 Å². The number of carbonyl (C=O) groups is 1. The molecule has 120 valence electrons. The summed E-state index contributed by atoms with van der Waals surface area (Å²) in [4.78, 5) is 17.9. The molecule has 0 radical (unpaired) electrons. The number of hydrogen-bond acceptors (Lipinski definition) is 3. The molecule has 3 saturated heterocycles. The first-order valence-corrected chi connectivity index (χ1v) is 9.03. The molecule has 1 aromatic carbocycles. The van der Waals surface area contributed by atoms with Crippen molar-refractivity contribution in [1.82, 2.24) is 4.90 Å². The van der Waals surface area contributed by atoms with Gasteiger partial charge in [0.2, 0.25) is 5.91 Å². The van der Waals surface area contributed by atoms with Gasteiger partial charge in [-0.3, -0.25) is 9.69 Å². The summed E-state index contributed by atoms with van der Waals surface area (Å²) < 4.78 is 0. The van der Waals surface area contributed by atoms with Crippen LogP contribution in [0, 0.1) is 5.41 Å². The van der Waals surface area contributed by atoms with E-state index in [1.54, 1.807) is 0 Å². The normalized spacial score (nSPS) is 46.7. The Hall–Kier alpha value is -1.39. The SMILES string of the molecule is O=C1C[C@]23CC[C@]45[C@H](CCN(CC[C@@H]2O)[C@H]34)c2ccccc2N15. The van der Waals surface area contributed by atoms with Crippen molar-refractivity contribution >= 4 is 11.6 Å². The number of para-hydroxylation sites is 1. The number of carbonyl (C=O) groups excluding carboxylic acids is 1. The number of fused-ring (bicyclic) bond motifs is 3. The second-order valence-electron chi connectivity index (χ2n) is 8.27. The monoisotopic (exact) mass is 310 g/mol. The van der Waals surface area contributed by atoms with E-state index in [1.807, 2.05) is 0 Å². The van der Waals surface area contributed by atoms with Gasteiger partial charge in [0.05, 0.1) is 11.6 Å². The molecular formula is C19H22N2O2. The van der Waals surface area contributed by atoms with Crippen molar-refractivity contribution in [2.75, 3.05) is 18.0 Å². The highest BCUT2D eigenvalue weighted by atomic mass is 16.3. The maximum absolute atomic E-state index is 13.2. The van der Waals surface area contributed by atoms with E-state index in [4.69, 9.17) is 0 Å². The number of aliphatic hydroxyl groups excluding tert-OH is 1. The summed E-state index contributed by atoms with van der Waals surface area (Å²) in [6, 6.07) is 8.89. The zero-order valence-corrected chi connectivity index (χ0v) is 13.2. The average Bonchev–Trinajstić information content (AvgIpc) is 3.01. The summed E-state index contributed by atoms with van der Waals surface area (Å²) in [6.07, 6.45) is 4.24. The molecule has 1 aliphatic carbocycles. The molecule has 23 heavy (non-hydrogen) atoms. The minimum atomic E-state index is -0.309. The molecule has 2 bridgehead atoms. The molecule has 4 heteroatoms. The number of piperidine rings is 3. The predicted molar refractivity (Wildman–Crippen MR) is 86.3 cm³/mol. The average molecular weight is 310 g/mol. The molecule has 1 amide bonds. The van der Waals surface area contributed by atoms with Gasteiger partial charge in [-0.2, -0.15) is 0 Å². The Balaban J connectivity index is 1.65. The fourth-order valence-electron chi connectivity index (χ4n) is 7.14. The molecule has 0 unspecified atom stereocenters. The number of hydrogen-bond donors (Lipinski definition) is 1. The fraction of sp³-hybridized carbons (Fsp3) is 0.632. The molecule has 4 fully saturated rings. The van der Waals surface area contributed by atoms with E-state index >= 15 is 0 Å². The number of anilines is 1. The third-order valence-corrected chi connectivity index (χ3v) is 7.74. The molecule has 4 aliphatic heterocycles. The van der Waals surface area contributed by atoms with Gasteiger partial charge >= 0.3 is 0 Å². The van der Waals surface area contributed by atoms with Crippen LogP contribution in [0.25, 0.3) is 0 Å². The van der Waals surface area contributed by atoms with E-state index in [9.17, 15) is 9.90 Å². The Kier molecular flexibility index (Phi) is 2.15. The zero-order chi connectivity index (χ0) is 15.4. The van der Waals surface area contributed by atoms with Crippen molar-refractivity contribution in [3.63, 3.8) is 0 Å².